The van der Waals surface area contributed by atoms with Crippen molar-refractivity contribution in [3.8, 4) is 11.4 Å². The molecule has 0 unspecified atom stereocenters. The van der Waals surface area contributed by atoms with Crippen molar-refractivity contribution in [2.75, 3.05) is 11.9 Å². The molecule has 1 heterocycles. The number of aromatic nitrogens is 2. The van der Waals surface area contributed by atoms with Gasteiger partial charge in [0.2, 0.25) is 5.82 Å². The molecule has 0 radical (unpaired) electrons. The first kappa shape index (κ1) is 10.6. The van der Waals surface area contributed by atoms with Crippen LogP contribution in [0.4, 0.5) is 10.4 Å². The van der Waals surface area contributed by atoms with E-state index in [1.165, 1.54) is 6.07 Å². The van der Waals surface area contributed by atoms with Crippen molar-refractivity contribution in [3.05, 3.63) is 29.6 Å². The Morgan fingerprint density at radius 3 is 2.94 bits per heavy atom. The van der Waals surface area contributed by atoms with Gasteiger partial charge in [0.05, 0.1) is 0 Å². The predicted octanol–water partition coefficient (Wildman–Crippen LogP) is 2.62. The minimum Gasteiger partial charge on any atom is -0.338 e. The molecule has 1 N–H and O–H groups in total. The Morgan fingerprint density at radius 2 is 2.25 bits per heavy atom. The van der Waals surface area contributed by atoms with E-state index in [0.29, 0.717) is 23.9 Å². The summed E-state index contributed by atoms with van der Waals surface area (Å²) < 4.78 is 18.0. The second-order valence-corrected chi connectivity index (χ2v) is 3.42. The third-order valence-corrected chi connectivity index (χ3v) is 2.17. The molecule has 0 bridgehead atoms. The highest BCUT2D eigenvalue weighted by molar-refractivity contribution is 5.56. The minimum atomic E-state index is -0.237. The highest BCUT2D eigenvalue weighted by Gasteiger charge is 2.08. The Balaban J connectivity index is 2.31. The number of anilines is 1. The molecule has 0 aliphatic heterocycles. The first-order valence-corrected chi connectivity index (χ1v) is 5.05. The van der Waals surface area contributed by atoms with Crippen LogP contribution in [-0.2, 0) is 0 Å². The van der Waals surface area contributed by atoms with Crippen LogP contribution in [0.25, 0.3) is 11.4 Å². The number of halogens is 1. The van der Waals surface area contributed by atoms with Crippen LogP contribution in [0.2, 0.25) is 0 Å². The van der Waals surface area contributed by atoms with Crippen LogP contribution in [0.3, 0.4) is 0 Å². The molecule has 0 saturated heterocycles. The summed E-state index contributed by atoms with van der Waals surface area (Å²) in [6.45, 7) is 4.35. The molecule has 0 amide bonds. The summed E-state index contributed by atoms with van der Waals surface area (Å²) in [7, 11) is 0. The Hall–Kier alpha value is -1.91. The summed E-state index contributed by atoms with van der Waals surface area (Å²) in [5.74, 6) is 0.221. The Labute approximate surface area is 92.5 Å². The molecular formula is C11H12FN3O. The van der Waals surface area contributed by atoms with E-state index in [-0.39, 0.29) is 5.82 Å². The average Bonchev–Trinajstić information content (AvgIpc) is 2.71. The van der Waals surface area contributed by atoms with E-state index in [4.69, 9.17) is 4.52 Å². The van der Waals surface area contributed by atoms with Gasteiger partial charge in [-0.3, -0.25) is 0 Å². The average molecular weight is 221 g/mol. The SMILES string of the molecule is CCNc1nc(-c2ccc(F)c(C)c2)no1. The van der Waals surface area contributed by atoms with Crippen molar-refractivity contribution in [1.82, 2.24) is 10.1 Å². The molecule has 1 aromatic carbocycles. The summed E-state index contributed by atoms with van der Waals surface area (Å²) in [5, 5.41) is 6.71. The number of aryl methyl sites for hydroxylation is 1. The lowest BCUT2D eigenvalue weighted by molar-refractivity contribution is 0.432. The molecule has 0 aliphatic carbocycles. The van der Waals surface area contributed by atoms with Gasteiger partial charge in [0.25, 0.3) is 0 Å². The summed E-state index contributed by atoms with van der Waals surface area (Å²) in [4.78, 5) is 4.13. The lowest BCUT2D eigenvalue weighted by atomic mass is 10.1. The zero-order valence-electron chi connectivity index (χ0n) is 9.12. The first-order valence-electron chi connectivity index (χ1n) is 5.05. The van der Waals surface area contributed by atoms with Crippen LogP contribution in [0.5, 0.6) is 0 Å². The molecule has 16 heavy (non-hydrogen) atoms. The summed E-state index contributed by atoms with van der Waals surface area (Å²) >= 11 is 0. The molecule has 5 heteroatoms. The minimum absolute atomic E-state index is 0.237. The fraction of sp³-hybridized carbons (Fsp3) is 0.273. The second-order valence-electron chi connectivity index (χ2n) is 3.42. The lowest BCUT2D eigenvalue weighted by Gasteiger charge is -1.97. The van der Waals surface area contributed by atoms with Crippen molar-refractivity contribution in [2.45, 2.75) is 13.8 Å². The van der Waals surface area contributed by atoms with Crippen LogP contribution >= 0.6 is 0 Å². The van der Waals surface area contributed by atoms with Crippen LogP contribution in [0.1, 0.15) is 12.5 Å². The van der Waals surface area contributed by atoms with E-state index in [9.17, 15) is 4.39 Å². The zero-order chi connectivity index (χ0) is 11.5. The van der Waals surface area contributed by atoms with E-state index in [0.717, 1.165) is 5.56 Å². The maximum atomic E-state index is 13.1. The number of hydrogen-bond donors (Lipinski definition) is 1. The molecule has 84 valence electrons. The van der Waals surface area contributed by atoms with Crippen LogP contribution < -0.4 is 5.32 Å². The normalized spacial score (nSPS) is 10.4. The van der Waals surface area contributed by atoms with Gasteiger partial charge in [-0.15, -0.1) is 0 Å². The van der Waals surface area contributed by atoms with Gasteiger partial charge in [-0.05, 0) is 37.6 Å². The summed E-state index contributed by atoms with van der Waals surface area (Å²) in [5.41, 5.74) is 1.30. The highest BCUT2D eigenvalue weighted by atomic mass is 19.1. The fourth-order valence-corrected chi connectivity index (χ4v) is 1.35. The Kier molecular flexibility index (Phi) is 2.85. The van der Waals surface area contributed by atoms with Gasteiger partial charge in [-0.1, -0.05) is 5.16 Å². The van der Waals surface area contributed by atoms with Crippen LogP contribution in [0, 0.1) is 12.7 Å². The standard InChI is InChI=1S/C11H12FN3O/c1-3-13-11-14-10(15-16-11)8-4-5-9(12)7(2)6-8/h4-6H,3H2,1-2H3,(H,13,14,15). The Bertz CT molecular complexity index is 496. The quantitative estimate of drug-likeness (QED) is 0.865. The number of rotatable bonds is 3. The van der Waals surface area contributed by atoms with Crippen LogP contribution in [0.15, 0.2) is 22.7 Å². The van der Waals surface area contributed by atoms with Gasteiger partial charge in [0, 0.05) is 12.1 Å². The molecule has 1 aromatic heterocycles. The van der Waals surface area contributed by atoms with Crippen LogP contribution in [-0.4, -0.2) is 16.7 Å². The molecule has 0 aliphatic rings. The maximum Gasteiger partial charge on any atom is 0.321 e. The third kappa shape index (κ3) is 2.03. The first-order chi connectivity index (χ1) is 7.70. The Morgan fingerprint density at radius 1 is 1.44 bits per heavy atom. The number of nitrogens with one attached hydrogen (secondary N) is 1. The van der Waals surface area contributed by atoms with Crippen molar-refractivity contribution in [3.63, 3.8) is 0 Å². The predicted molar refractivity (Wildman–Crippen MR) is 58.6 cm³/mol. The monoisotopic (exact) mass is 221 g/mol. The maximum absolute atomic E-state index is 13.1. The second kappa shape index (κ2) is 4.30. The highest BCUT2D eigenvalue weighted by Crippen LogP contribution is 2.20. The summed E-state index contributed by atoms with van der Waals surface area (Å²) in [6, 6.07) is 5.09. The molecule has 2 aromatic rings. The molecular weight excluding hydrogens is 209 g/mol. The van der Waals surface area contributed by atoms with Crippen molar-refractivity contribution < 1.29 is 8.91 Å². The van der Waals surface area contributed by atoms with E-state index in [2.05, 4.69) is 15.5 Å². The van der Waals surface area contributed by atoms with Gasteiger partial charge in [0.15, 0.2) is 0 Å². The third-order valence-electron chi connectivity index (χ3n) is 2.17. The van der Waals surface area contributed by atoms with Crippen molar-refractivity contribution in [2.24, 2.45) is 0 Å². The smallest absolute Gasteiger partial charge is 0.321 e. The largest absolute Gasteiger partial charge is 0.338 e. The van der Waals surface area contributed by atoms with E-state index < -0.39 is 0 Å². The van der Waals surface area contributed by atoms with E-state index >= 15 is 0 Å². The number of benzene rings is 1. The molecule has 0 atom stereocenters. The van der Waals surface area contributed by atoms with Gasteiger partial charge < -0.3 is 9.84 Å². The lowest BCUT2D eigenvalue weighted by Crippen LogP contribution is -1.95. The van der Waals surface area contributed by atoms with Crippen molar-refractivity contribution >= 4 is 6.01 Å². The molecule has 0 saturated carbocycles. The van der Waals surface area contributed by atoms with E-state index in [1.54, 1.807) is 19.1 Å². The van der Waals surface area contributed by atoms with Gasteiger partial charge >= 0.3 is 6.01 Å². The van der Waals surface area contributed by atoms with Crippen molar-refractivity contribution in [1.29, 1.82) is 0 Å². The topological polar surface area (TPSA) is 51.0 Å². The van der Waals surface area contributed by atoms with E-state index in [1.807, 2.05) is 6.92 Å². The zero-order valence-corrected chi connectivity index (χ0v) is 9.12. The van der Waals surface area contributed by atoms with Gasteiger partial charge in [0.1, 0.15) is 5.82 Å². The summed E-state index contributed by atoms with van der Waals surface area (Å²) in [6.07, 6.45) is 0. The van der Waals surface area contributed by atoms with Gasteiger partial charge in [-0.2, -0.15) is 4.98 Å². The number of hydrogen-bond acceptors (Lipinski definition) is 4. The molecule has 4 nitrogen and oxygen atoms in total. The number of nitrogens with zero attached hydrogens (tertiary/aromatic N) is 2. The molecule has 2 rings (SSSR count). The fourth-order valence-electron chi connectivity index (χ4n) is 1.35. The molecule has 0 spiro atoms. The van der Waals surface area contributed by atoms with Gasteiger partial charge in [-0.25, -0.2) is 4.39 Å². The molecule has 0 fully saturated rings.